The molecule has 68 heavy (non-hydrogen) atoms. The molecule has 3 saturated heterocycles. The van der Waals surface area contributed by atoms with Crippen LogP contribution in [0.25, 0.3) is 33.3 Å². The lowest BCUT2D eigenvalue weighted by atomic mass is 9.84. The first kappa shape index (κ1) is 48.6. The van der Waals surface area contributed by atoms with E-state index in [-0.39, 0.29) is 61.7 Å². The second-order valence-electron chi connectivity index (χ2n) is 20.3. The number of nitrogens with zero attached hydrogens (tertiary/aromatic N) is 5. The summed E-state index contributed by atoms with van der Waals surface area (Å²) in [6.07, 6.45) is 4.26. The summed E-state index contributed by atoms with van der Waals surface area (Å²) < 4.78 is 14.2. The molecule has 0 unspecified atom stereocenters. The summed E-state index contributed by atoms with van der Waals surface area (Å²) in [5, 5.41) is 19.8. The van der Waals surface area contributed by atoms with Gasteiger partial charge in [-0.05, 0) is 111 Å². The average Bonchev–Trinajstić information content (AvgIpc) is 4.14. The molecule has 16 nitrogen and oxygen atoms in total. The summed E-state index contributed by atoms with van der Waals surface area (Å²) in [6, 6.07) is 12.4. The highest BCUT2D eigenvalue weighted by Gasteiger charge is 2.41. The fraction of sp³-hybridized carbons (Fsp3) is 0.538. The first-order chi connectivity index (χ1) is 32.5. The van der Waals surface area contributed by atoms with Crippen molar-refractivity contribution in [3.63, 3.8) is 0 Å². The minimum absolute atomic E-state index is 0.00368. The number of fused-ring (bicyclic) bond motifs is 6. The predicted octanol–water partition coefficient (Wildman–Crippen LogP) is 5.15. The third kappa shape index (κ3) is 10.1. The Hall–Kier alpha value is -5.84. The number of likely N-dealkylation sites (tertiary alicyclic amines) is 1. The molecular formula is C52H68N8O8. The SMILES string of the molecule is CCn1c(-c2cccnc2[C@H](C)OC)c2c3cc(ccc31)-c1cc(O)cc(c1)C[C@H](NC(=O)[C@H](C(C)C)N(C)C(=O)[C@@H]1CCCN(C(=O)[C@@H]3CN3)C1)C(=O)N1CCC[C@H](N1)C(=O)OCC(C)(C)C2. The number of aromatic hydroxyl groups is 1. The van der Waals surface area contributed by atoms with Crippen LogP contribution in [-0.2, 0) is 52.8 Å². The van der Waals surface area contributed by atoms with Crippen molar-refractivity contribution in [1.29, 1.82) is 0 Å². The third-order valence-electron chi connectivity index (χ3n) is 14.1. The average molecular weight is 933 g/mol. The molecule has 16 heteroatoms. The Balaban J connectivity index is 1.18. The number of hydrazine groups is 1. The van der Waals surface area contributed by atoms with Crippen LogP contribution in [0.5, 0.6) is 5.75 Å². The number of methoxy groups -OCH3 is 1. The largest absolute Gasteiger partial charge is 0.508 e. The van der Waals surface area contributed by atoms with Crippen LogP contribution in [0.1, 0.15) is 90.2 Å². The standard InChI is InChI=1S/C52H68N8O8/c1-9-59-43-17-16-33-25-38(43)39(46(59)37-14-10-18-53-44(37)31(4)67-8)26-52(5,6)29-68-51(66)40-15-12-20-60(56-40)50(65)41(23-32-21-35(33)24-36(61)22-32)55-47(62)45(30(2)3)57(7)48(63)34-13-11-19-58(28-34)49(64)42-27-54-42/h10,14,16-18,21-22,24-25,30-31,34,40-42,45,54,56,61H,9,11-13,15,19-20,23,26-29H2,1-8H3,(H,55,62)/t31-,34+,40-,41-,42-,45-/m0/s1. The molecule has 8 rings (SSSR count). The number of cyclic esters (lactones) is 1. The number of hydrogen-bond donors (Lipinski definition) is 4. The Morgan fingerprint density at radius 2 is 1.81 bits per heavy atom. The van der Waals surface area contributed by atoms with Crippen molar-refractivity contribution in [3.05, 3.63) is 71.5 Å². The van der Waals surface area contributed by atoms with Gasteiger partial charge in [0.25, 0.3) is 5.91 Å². The summed E-state index contributed by atoms with van der Waals surface area (Å²) in [4.78, 5) is 78.5. The number of nitrogens with one attached hydrogen (secondary N) is 3. The lowest BCUT2D eigenvalue weighted by Crippen LogP contribution is -2.62. The lowest BCUT2D eigenvalue weighted by Gasteiger charge is -2.38. The van der Waals surface area contributed by atoms with Crippen molar-refractivity contribution >= 4 is 40.5 Å². The maximum atomic E-state index is 14.8. The first-order valence-electron chi connectivity index (χ1n) is 24.3. The van der Waals surface area contributed by atoms with Gasteiger partial charge in [-0.25, -0.2) is 5.43 Å². The van der Waals surface area contributed by atoms with Gasteiger partial charge in [0.15, 0.2) is 0 Å². The number of esters is 1. The fourth-order valence-corrected chi connectivity index (χ4v) is 10.5. The number of carbonyl (C=O) groups is 5. The van der Waals surface area contributed by atoms with E-state index in [1.807, 2.05) is 39.0 Å². The molecule has 364 valence electrons. The van der Waals surface area contributed by atoms with E-state index in [1.54, 1.807) is 37.4 Å². The Bertz CT molecular complexity index is 2570. The number of aryl methyl sites for hydroxylation is 1. The maximum Gasteiger partial charge on any atom is 0.324 e. The second-order valence-corrected chi connectivity index (χ2v) is 20.3. The molecule has 6 atom stereocenters. The molecule has 0 spiro atoms. The Labute approximate surface area is 399 Å². The summed E-state index contributed by atoms with van der Waals surface area (Å²) in [5.74, 6) is -2.51. The zero-order chi connectivity index (χ0) is 48.6. The van der Waals surface area contributed by atoms with Gasteiger partial charge < -0.3 is 39.6 Å². The van der Waals surface area contributed by atoms with Gasteiger partial charge in [0.1, 0.15) is 23.9 Å². The van der Waals surface area contributed by atoms with Crippen LogP contribution in [0, 0.1) is 17.3 Å². The number of carbonyl (C=O) groups excluding carboxylic acids is 5. The van der Waals surface area contributed by atoms with Gasteiger partial charge in [-0.2, -0.15) is 0 Å². The number of aromatic nitrogens is 2. The molecule has 4 amide bonds. The highest BCUT2D eigenvalue weighted by molar-refractivity contribution is 5.96. The number of piperidine rings is 1. The molecule has 6 bridgehead atoms. The molecule has 4 aliphatic heterocycles. The van der Waals surface area contributed by atoms with Crippen LogP contribution in [0.4, 0.5) is 0 Å². The van der Waals surface area contributed by atoms with E-state index >= 15 is 0 Å². The monoisotopic (exact) mass is 933 g/mol. The van der Waals surface area contributed by atoms with E-state index < -0.39 is 47.2 Å². The van der Waals surface area contributed by atoms with Crippen LogP contribution in [0.3, 0.4) is 0 Å². The van der Waals surface area contributed by atoms with E-state index in [1.165, 1.54) is 9.91 Å². The van der Waals surface area contributed by atoms with Crippen LogP contribution in [0.2, 0.25) is 0 Å². The number of phenols is 1. The van der Waals surface area contributed by atoms with E-state index in [4.69, 9.17) is 14.5 Å². The Morgan fingerprint density at radius 1 is 1.04 bits per heavy atom. The number of benzene rings is 2. The molecule has 0 saturated carbocycles. The van der Waals surface area contributed by atoms with Gasteiger partial charge in [0.2, 0.25) is 17.7 Å². The number of phenolic OH excluding ortho intramolecular Hbond substituents is 1. The predicted molar refractivity (Wildman–Crippen MR) is 258 cm³/mol. The number of ether oxygens (including phenoxy) is 2. The smallest absolute Gasteiger partial charge is 0.324 e. The van der Waals surface area contributed by atoms with Crippen molar-refractivity contribution in [2.24, 2.45) is 17.3 Å². The second kappa shape index (κ2) is 20.0. The van der Waals surface area contributed by atoms with Crippen molar-refractivity contribution in [1.82, 2.24) is 40.4 Å². The Kier molecular flexibility index (Phi) is 14.3. The molecule has 6 heterocycles. The van der Waals surface area contributed by atoms with E-state index in [0.29, 0.717) is 57.3 Å². The van der Waals surface area contributed by atoms with Crippen molar-refractivity contribution in [2.45, 2.75) is 117 Å². The molecule has 4 N–H and O–H groups in total. The van der Waals surface area contributed by atoms with Gasteiger partial charge in [-0.3, -0.25) is 34.0 Å². The summed E-state index contributed by atoms with van der Waals surface area (Å²) in [6.45, 7) is 14.5. The molecule has 0 radical (unpaired) electrons. The molecule has 0 aliphatic carbocycles. The molecule has 2 aromatic heterocycles. The molecule has 2 aromatic carbocycles. The lowest BCUT2D eigenvalue weighted by molar-refractivity contribution is -0.155. The number of hydrogen-bond acceptors (Lipinski definition) is 11. The third-order valence-corrected chi connectivity index (χ3v) is 14.1. The maximum absolute atomic E-state index is 14.8. The number of amides is 4. The topological polar surface area (TPSA) is 198 Å². The van der Waals surface area contributed by atoms with E-state index in [0.717, 1.165) is 44.5 Å². The minimum atomic E-state index is -1.16. The van der Waals surface area contributed by atoms with Crippen LogP contribution >= 0.6 is 0 Å². The van der Waals surface area contributed by atoms with Gasteiger partial charge in [0.05, 0.1) is 36.1 Å². The highest BCUT2D eigenvalue weighted by Crippen LogP contribution is 2.42. The zero-order valence-electron chi connectivity index (χ0n) is 40.8. The molecule has 4 aromatic rings. The van der Waals surface area contributed by atoms with Crippen molar-refractivity contribution in [3.8, 4) is 28.1 Å². The summed E-state index contributed by atoms with van der Waals surface area (Å²) in [5.41, 5.74) is 9.58. The van der Waals surface area contributed by atoms with Gasteiger partial charge in [-0.15, -0.1) is 0 Å². The first-order valence-corrected chi connectivity index (χ1v) is 24.3. The van der Waals surface area contributed by atoms with Crippen molar-refractivity contribution < 1.29 is 38.6 Å². The van der Waals surface area contributed by atoms with Gasteiger partial charge in [-0.1, -0.05) is 39.8 Å². The van der Waals surface area contributed by atoms with Crippen LogP contribution < -0.4 is 16.1 Å². The molecule has 4 aliphatic rings. The van der Waals surface area contributed by atoms with Gasteiger partial charge >= 0.3 is 5.97 Å². The normalized spacial score (nSPS) is 22.8. The Morgan fingerprint density at radius 3 is 2.53 bits per heavy atom. The number of likely N-dealkylation sites (N-methyl/N-ethyl adjacent to an activating group) is 1. The highest BCUT2D eigenvalue weighted by atomic mass is 16.5. The van der Waals surface area contributed by atoms with Gasteiger partial charge in [0, 0.05) is 81.4 Å². The zero-order valence-corrected chi connectivity index (χ0v) is 40.8. The summed E-state index contributed by atoms with van der Waals surface area (Å²) in [7, 11) is 3.29. The fourth-order valence-electron chi connectivity index (χ4n) is 10.5. The number of rotatable bonds is 10. The molecule has 3 fully saturated rings. The van der Waals surface area contributed by atoms with Crippen LogP contribution in [0.15, 0.2) is 54.7 Å². The van der Waals surface area contributed by atoms with E-state index in [2.05, 4.69) is 59.6 Å². The van der Waals surface area contributed by atoms with Crippen molar-refractivity contribution in [2.75, 3.05) is 46.9 Å². The minimum Gasteiger partial charge on any atom is -0.508 e. The van der Waals surface area contributed by atoms with Crippen LogP contribution in [-0.4, -0.2) is 130 Å². The summed E-state index contributed by atoms with van der Waals surface area (Å²) >= 11 is 0. The number of pyridine rings is 1. The van der Waals surface area contributed by atoms with E-state index in [9.17, 15) is 29.1 Å². The molecular weight excluding hydrogens is 865 g/mol. The quantitative estimate of drug-likeness (QED) is 0.121.